The van der Waals surface area contributed by atoms with E-state index in [4.69, 9.17) is 4.42 Å². The van der Waals surface area contributed by atoms with E-state index < -0.39 is 11.0 Å². The fourth-order valence-electron chi connectivity index (χ4n) is 1.70. The van der Waals surface area contributed by atoms with Crippen molar-refractivity contribution in [3.05, 3.63) is 58.0 Å². The second-order valence-electron chi connectivity index (χ2n) is 4.09. The predicted octanol–water partition coefficient (Wildman–Crippen LogP) is 2.82. The van der Waals surface area contributed by atoms with Gasteiger partial charge in [-0.3, -0.25) is 10.1 Å². The minimum absolute atomic E-state index is 0.0335. The van der Waals surface area contributed by atoms with Gasteiger partial charge in [0.2, 0.25) is 0 Å². The number of nitrogens with one attached hydrogen (secondary N) is 2. The lowest BCUT2D eigenvalue weighted by atomic mass is 10.1. The van der Waals surface area contributed by atoms with Crippen LogP contribution in [0.15, 0.2) is 41.0 Å². The lowest BCUT2D eigenvalue weighted by Gasteiger charge is -2.09. The summed E-state index contributed by atoms with van der Waals surface area (Å²) < 4.78 is 5.08. The number of urea groups is 1. The molecule has 7 heteroatoms. The van der Waals surface area contributed by atoms with Crippen molar-refractivity contribution in [3.8, 4) is 0 Å². The van der Waals surface area contributed by atoms with Crippen molar-refractivity contribution in [3.63, 3.8) is 0 Å². The zero-order chi connectivity index (χ0) is 14.5. The summed E-state index contributed by atoms with van der Waals surface area (Å²) in [5.74, 6) is 0.621. The SMILES string of the molecule is Cc1c(NC(=O)NCc2ccco2)cccc1[N+](=O)[O-]. The van der Waals surface area contributed by atoms with Crippen LogP contribution >= 0.6 is 0 Å². The van der Waals surface area contributed by atoms with Crippen LogP contribution in [0, 0.1) is 17.0 Å². The molecule has 1 aromatic heterocycles. The van der Waals surface area contributed by atoms with Gasteiger partial charge in [-0.15, -0.1) is 0 Å². The molecule has 1 heterocycles. The van der Waals surface area contributed by atoms with Crippen LogP contribution in [-0.2, 0) is 6.54 Å². The summed E-state index contributed by atoms with van der Waals surface area (Å²) in [6, 6.07) is 7.52. The van der Waals surface area contributed by atoms with E-state index in [0.717, 1.165) is 0 Å². The molecule has 20 heavy (non-hydrogen) atoms. The molecule has 0 atom stereocenters. The second-order valence-corrected chi connectivity index (χ2v) is 4.09. The maximum Gasteiger partial charge on any atom is 0.319 e. The first-order chi connectivity index (χ1) is 9.58. The van der Waals surface area contributed by atoms with Gasteiger partial charge in [-0.1, -0.05) is 6.07 Å². The largest absolute Gasteiger partial charge is 0.467 e. The molecule has 0 unspecified atom stereocenters. The van der Waals surface area contributed by atoms with Crippen LogP contribution in [0.25, 0.3) is 0 Å². The fraction of sp³-hybridized carbons (Fsp3) is 0.154. The summed E-state index contributed by atoms with van der Waals surface area (Å²) in [5, 5.41) is 16.0. The van der Waals surface area contributed by atoms with Gasteiger partial charge >= 0.3 is 6.03 Å². The third-order valence-corrected chi connectivity index (χ3v) is 2.75. The van der Waals surface area contributed by atoms with Gasteiger partial charge in [-0.05, 0) is 25.1 Å². The first-order valence-corrected chi connectivity index (χ1v) is 5.89. The Balaban J connectivity index is 2.01. The number of carbonyl (C=O) groups is 1. The van der Waals surface area contributed by atoms with Crippen molar-refractivity contribution in [2.24, 2.45) is 0 Å². The van der Waals surface area contributed by atoms with Gasteiger partial charge in [-0.25, -0.2) is 4.79 Å². The molecule has 2 amide bonds. The molecule has 2 aromatic rings. The number of amides is 2. The molecular formula is C13H13N3O4. The van der Waals surface area contributed by atoms with Gasteiger partial charge in [0.15, 0.2) is 0 Å². The highest BCUT2D eigenvalue weighted by Gasteiger charge is 2.14. The lowest BCUT2D eigenvalue weighted by molar-refractivity contribution is -0.385. The van der Waals surface area contributed by atoms with Gasteiger partial charge in [0.05, 0.1) is 29.0 Å². The highest BCUT2D eigenvalue weighted by molar-refractivity contribution is 5.90. The molecular weight excluding hydrogens is 262 g/mol. The fourth-order valence-corrected chi connectivity index (χ4v) is 1.70. The third kappa shape index (κ3) is 3.14. The first kappa shape index (κ1) is 13.6. The van der Waals surface area contributed by atoms with Crippen molar-refractivity contribution >= 4 is 17.4 Å². The van der Waals surface area contributed by atoms with Crippen molar-refractivity contribution in [2.45, 2.75) is 13.5 Å². The number of hydrogen-bond donors (Lipinski definition) is 2. The Bertz CT molecular complexity index is 623. The molecule has 0 saturated carbocycles. The second kappa shape index (κ2) is 5.87. The molecule has 104 valence electrons. The van der Waals surface area contributed by atoms with Gasteiger partial charge < -0.3 is 15.1 Å². The van der Waals surface area contributed by atoms with E-state index in [2.05, 4.69) is 10.6 Å². The normalized spacial score (nSPS) is 10.1. The summed E-state index contributed by atoms with van der Waals surface area (Å²) >= 11 is 0. The van der Waals surface area contributed by atoms with Gasteiger partial charge in [-0.2, -0.15) is 0 Å². The maximum atomic E-state index is 11.7. The standard InChI is InChI=1S/C13H13N3O4/c1-9-11(5-2-6-12(9)16(18)19)15-13(17)14-8-10-4-3-7-20-10/h2-7H,8H2,1H3,(H2,14,15,17). The maximum absolute atomic E-state index is 11.7. The van der Waals surface area contributed by atoms with Crippen LogP contribution in [0.2, 0.25) is 0 Å². The molecule has 1 aromatic carbocycles. The predicted molar refractivity (Wildman–Crippen MR) is 72.4 cm³/mol. The van der Waals surface area contributed by atoms with Gasteiger partial charge in [0.25, 0.3) is 5.69 Å². The number of anilines is 1. The lowest BCUT2D eigenvalue weighted by Crippen LogP contribution is -2.28. The minimum atomic E-state index is -0.485. The van der Waals surface area contributed by atoms with E-state index >= 15 is 0 Å². The average Bonchev–Trinajstić information content (AvgIpc) is 2.91. The van der Waals surface area contributed by atoms with Crippen LogP contribution in [0.1, 0.15) is 11.3 Å². The van der Waals surface area contributed by atoms with E-state index in [-0.39, 0.29) is 12.2 Å². The van der Waals surface area contributed by atoms with E-state index in [0.29, 0.717) is 17.0 Å². The molecule has 0 bridgehead atoms. The van der Waals surface area contributed by atoms with Gasteiger partial charge in [0.1, 0.15) is 5.76 Å². The first-order valence-electron chi connectivity index (χ1n) is 5.89. The number of benzene rings is 1. The van der Waals surface area contributed by atoms with Crippen molar-refractivity contribution < 1.29 is 14.1 Å². The summed E-state index contributed by atoms with van der Waals surface area (Å²) in [6.45, 7) is 1.83. The summed E-state index contributed by atoms with van der Waals surface area (Å²) in [4.78, 5) is 22.0. The number of hydrogen-bond acceptors (Lipinski definition) is 4. The summed E-state index contributed by atoms with van der Waals surface area (Å²) in [5.41, 5.74) is 0.774. The number of furan rings is 1. The topological polar surface area (TPSA) is 97.4 Å². The monoisotopic (exact) mass is 275 g/mol. The van der Waals surface area contributed by atoms with Crippen LogP contribution < -0.4 is 10.6 Å². The molecule has 0 saturated heterocycles. The van der Waals surface area contributed by atoms with E-state index in [1.54, 1.807) is 25.1 Å². The minimum Gasteiger partial charge on any atom is -0.467 e. The molecule has 2 N–H and O–H groups in total. The Morgan fingerprint density at radius 3 is 2.80 bits per heavy atom. The number of nitro groups is 1. The molecule has 0 fully saturated rings. The Labute approximate surface area is 114 Å². The van der Waals surface area contributed by atoms with Crippen molar-refractivity contribution in [1.82, 2.24) is 5.32 Å². The molecule has 0 spiro atoms. The van der Waals surface area contributed by atoms with Crippen molar-refractivity contribution in [2.75, 3.05) is 5.32 Å². The van der Waals surface area contributed by atoms with Crippen LogP contribution in [0.5, 0.6) is 0 Å². The number of nitro benzene ring substituents is 1. The summed E-state index contributed by atoms with van der Waals surface area (Å²) in [7, 11) is 0. The smallest absolute Gasteiger partial charge is 0.319 e. The Morgan fingerprint density at radius 1 is 1.35 bits per heavy atom. The Kier molecular flexibility index (Phi) is 3.99. The number of rotatable bonds is 4. The Morgan fingerprint density at radius 2 is 2.15 bits per heavy atom. The zero-order valence-electron chi connectivity index (χ0n) is 10.8. The molecule has 0 aliphatic heterocycles. The molecule has 0 aliphatic carbocycles. The number of carbonyl (C=O) groups excluding carboxylic acids is 1. The molecule has 2 rings (SSSR count). The number of nitrogens with zero attached hydrogens (tertiary/aromatic N) is 1. The van der Waals surface area contributed by atoms with Crippen molar-refractivity contribution in [1.29, 1.82) is 0 Å². The van der Waals surface area contributed by atoms with Crippen LogP contribution in [-0.4, -0.2) is 11.0 Å². The molecule has 0 aliphatic rings. The van der Waals surface area contributed by atoms with Crippen LogP contribution in [0.4, 0.5) is 16.2 Å². The Hall–Kier alpha value is -2.83. The highest BCUT2D eigenvalue weighted by atomic mass is 16.6. The molecule has 0 radical (unpaired) electrons. The van der Waals surface area contributed by atoms with E-state index in [1.165, 1.54) is 18.4 Å². The summed E-state index contributed by atoms with van der Waals surface area (Å²) in [6.07, 6.45) is 1.51. The van der Waals surface area contributed by atoms with E-state index in [1.807, 2.05) is 0 Å². The van der Waals surface area contributed by atoms with E-state index in [9.17, 15) is 14.9 Å². The zero-order valence-corrected chi connectivity index (χ0v) is 10.8. The quantitative estimate of drug-likeness (QED) is 0.662. The van der Waals surface area contributed by atoms with Gasteiger partial charge in [0, 0.05) is 6.07 Å². The average molecular weight is 275 g/mol. The molecule has 7 nitrogen and oxygen atoms in total. The third-order valence-electron chi connectivity index (χ3n) is 2.75. The highest BCUT2D eigenvalue weighted by Crippen LogP contribution is 2.24. The van der Waals surface area contributed by atoms with Crippen LogP contribution in [0.3, 0.4) is 0 Å².